The maximum atomic E-state index is 12.8. The van der Waals surface area contributed by atoms with Gasteiger partial charge >= 0.3 is 6.03 Å². The predicted octanol–water partition coefficient (Wildman–Crippen LogP) is 4.55. The third-order valence-electron chi connectivity index (χ3n) is 6.57. The summed E-state index contributed by atoms with van der Waals surface area (Å²) in [6.07, 6.45) is 4.16. The van der Waals surface area contributed by atoms with Gasteiger partial charge in [-0.25, -0.2) is 4.79 Å². The van der Waals surface area contributed by atoms with E-state index in [0.717, 1.165) is 63.6 Å². The first-order valence-corrected chi connectivity index (χ1v) is 12.4. The van der Waals surface area contributed by atoms with Crippen LogP contribution in [-0.2, 0) is 6.54 Å². The minimum atomic E-state index is 0.0587. The molecule has 2 heterocycles. The maximum Gasteiger partial charge on any atom is 0.317 e. The van der Waals surface area contributed by atoms with E-state index in [2.05, 4.69) is 40.5 Å². The molecule has 0 radical (unpaired) electrons. The van der Waals surface area contributed by atoms with Crippen molar-refractivity contribution in [2.45, 2.75) is 45.3 Å². The highest BCUT2D eigenvalue weighted by molar-refractivity contribution is 5.74. The highest BCUT2D eigenvalue weighted by Crippen LogP contribution is 2.29. The fourth-order valence-electron chi connectivity index (χ4n) is 4.83. The number of benzene rings is 2. The van der Waals surface area contributed by atoms with Crippen molar-refractivity contribution in [3.63, 3.8) is 0 Å². The molecule has 4 rings (SSSR count). The average Bonchev–Trinajstić information content (AvgIpc) is 2.85. The first kappa shape index (κ1) is 23.4. The van der Waals surface area contributed by atoms with Crippen LogP contribution >= 0.6 is 0 Å². The third kappa shape index (κ3) is 6.87. The van der Waals surface area contributed by atoms with E-state index in [4.69, 9.17) is 9.47 Å². The van der Waals surface area contributed by atoms with Crippen LogP contribution in [0.2, 0.25) is 0 Å². The van der Waals surface area contributed by atoms with E-state index in [1.165, 1.54) is 18.4 Å². The Morgan fingerprint density at radius 3 is 2.45 bits per heavy atom. The van der Waals surface area contributed by atoms with Crippen molar-refractivity contribution in [1.82, 2.24) is 15.1 Å². The van der Waals surface area contributed by atoms with E-state index in [0.29, 0.717) is 12.5 Å². The normalized spacial score (nSPS) is 19.8. The maximum absolute atomic E-state index is 12.8. The molecule has 6 heteroatoms. The van der Waals surface area contributed by atoms with Gasteiger partial charge < -0.3 is 19.7 Å². The lowest BCUT2D eigenvalue weighted by molar-refractivity contribution is 0.106. The molecule has 33 heavy (non-hydrogen) atoms. The largest absolute Gasteiger partial charge is 0.490 e. The van der Waals surface area contributed by atoms with Crippen LogP contribution in [0, 0.1) is 5.92 Å². The summed E-state index contributed by atoms with van der Waals surface area (Å²) in [7, 11) is 0. The van der Waals surface area contributed by atoms with E-state index < -0.39 is 0 Å². The van der Waals surface area contributed by atoms with Gasteiger partial charge in [0.25, 0.3) is 0 Å². The first-order valence-electron chi connectivity index (χ1n) is 12.4. The van der Waals surface area contributed by atoms with Crippen LogP contribution in [0.4, 0.5) is 4.79 Å². The van der Waals surface area contributed by atoms with Crippen molar-refractivity contribution >= 4 is 6.03 Å². The third-order valence-corrected chi connectivity index (χ3v) is 6.57. The van der Waals surface area contributed by atoms with E-state index in [9.17, 15) is 4.79 Å². The van der Waals surface area contributed by atoms with Crippen molar-refractivity contribution in [3.8, 4) is 11.5 Å². The van der Waals surface area contributed by atoms with Gasteiger partial charge in [-0.15, -0.1) is 0 Å². The molecule has 1 N–H and O–H groups in total. The summed E-state index contributed by atoms with van der Waals surface area (Å²) in [5.74, 6) is 2.09. The zero-order chi connectivity index (χ0) is 22.9. The second-order valence-electron chi connectivity index (χ2n) is 9.10. The molecule has 6 nitrogen and oxygen atoms in total. The number of amides is 2. The number of nitrogens with zero attached hydrogens (tertiary/aromatic N) is 2. The monoisotopic (exact) mass is 451 g/mol. The van der Waals surface area contributed by atoms with Gasteiger partial charge in [-0.2, -0.15) is 0 Å². The van der Waals surface area contributed by atoms with Crippen LogP contribution in [0.5, 0.6) is 11.5 Å². The van der Waals surface area contributed by atoms with Gasteiger partial charge in [-0.05, 0) is 49.9 Å². The van der Waals surface area contributed by atoms with Crippen molar-refractivity contribution in [2.24, 2.45) is 5.92 Å². The second kappa shape index (κ2) is 11.9. The summed E-state index contributed by atoms with van der Waals surface area (Å²) in [6, 6.07) is 18.5. The summed E-state index contributed by atoms with van der Waals surface area (Å²) in [4.78, 5) is 17.2. The minimum Gasteiger partial charge on any atom is -0.490 e. The lowest BCUT2D eigenvalue weighted by Gasteiger charge is -2.35. The fraction of sp³-hybridized carbons (Fsp3) is 0.519. The highest BCUT2D eigenvalue weighted by atomic mass is 16.5. The molecule has 0 bridgehead atoms. The lowest BCUT2D eigenvalue weighted by Crippen LogP contribution is -2.48. The highest BCUT2D eigenvalue weighted by Gasteiger charge is 2.26. The van der Waals surface area contributed by atoms with Gasteiger partial charge in [-0.1, -0.05) is 42.5 Å². The van der Waals surface area contributed by atoms with Crippen LogP contribution in [-0.4, -0.2) is 61.3 Å². The number of likely N-dealkylation sites (tertiary alicyclic amines) is 2. The smallest absolute Gasteiger partial charge is 0.317 e. The van der Waals surface area contributed by atoms with Crippen LogP contribution < -0.4 is 14.8 Å². The van der Waals surface area contributed by atoms with Gasteiger partial charge in [0, 0.05) is 45.6 Å². The van der Waals surface area contributed by atoms with E-state index in [-0.39, 0.29) is 12.1 Å². The number of urea groups is 1. The van der Waals surface area contributed by atoms with Gasteiger partial charge in [-0.3, -0.25) is 4.90 Å². The van der Waals surface area contributed by atoms with E-state index in [1.54, 1.807) is 0 Å². The number of nitrogens with one attached hydrogen (secondary N) is 1. The van der Waals surface area contributed by atoms with Crippen molar-refractivity contribution in [1.29, 1.82) is 0 Å². The summed E-state index contributed by atoms with van der Waals surface area (Å²) >= 11 is 0. The van der Waals surface area contributed by atoms with Crippen LogP contribution in [0.15, 0.2) is 54.6 Å². The number of carbonyl (C=O) groups is 1. The molecule has 178 valence electrons. The Labute approximate surface area is 197 Å². The number of carbonyl (C=O) groups excluding carboxylic acids is 1. The number of piperidine rings is 2. The fourth-order valence-corrected chi connectivity index (χ4v) is 4.83. The quantitative estimate of drug-likeness (QED) is 0.640. The number of hydrogen-bond donors (Lipinski definition) is 1. The Morgan fingerprint density at radius 1 is 0.970 bits per heavy atom. The molecule has 0 aromatic heterocycles. The summed E-state index contributed by atoms with van der Waals surface area (Å²) in [6.45, 7) is 7.96. The molecule has 2 aliphatic rings. The van der Waals surface area contributed by atoms with Gasteiger partial charge in [0.1, 0.15) is 6.10 Å². The van der Waals surface area contributed by atoms with E-state index in [1.807, 2.05) is 36.1 Å². The predicted molar refractivity (Wildman–Crippen MR) is 131 cm³/mol. The Balaban J connectivity index is 1.18. The average molecular weight is 452 g/mol. The van der Waals surface area contributed by atoms with Gasteiger partial charge in [0.15, 0.2) is 11.5 Å². The summed E-state index contributed by atoms with van der Waals surface area (Å²) in [5.41, 5.74) is 1.36. The summed E-state index contributed by atoms with van der Waals surface area (Å²) in [5, 5.41) is 3.20. The Morgan fingerprint density at radius 2 is 1.70 bits per heavy atom. The molecule has 2 aromatic carbocycles. The van der Waals surface area contributed by atoms with Crippen molar-refractivity contribution in [3.05, 3.63) is 60.2 Å². The number of para-hydroxylation sites is 2. The molecule has 2 fully saturated rings. The Kier molecular flexibility index (Phi) is 8.47. The molecule has 2 aliphatic heterocycles. The minimum absolute atomic E-state index is 0.0587. The molecule has 0 aliphatic carbocycles. The van der Waals surface area contributed by atoms with Crippen molar-refractivity contribution in [2.75, 3.05) is 39.3 Å². The molecular weight excluding hydrogens is 414 g/mol. The van der Waals surface area contributed by atoms with E-state index >= 15 is 0 Å². The van der Waals surface area contributed by atoms with Crippen LogP contribution in [0.3, 0.4) is 0 Å². The second-order valence-corrected chi connectivity index (χ2v) is 9.10. The molecule has 2 amide bonds. The summed E-state index contributed by atoms with van der Waals surface area (Å²) < 4.78 is 11.9. The SMILES string of the molecule is CCOc1ccccc1OC1CCN(C(=O)NCC2CCCN(Cc3ccccc3)C2)CC1. The number of rotatable bonds is 8. The standard InChI is InChI=1S/C27H37N3O3/c1-2-32-25-12-6-7-13-26(25)33-24-14-17-30(18-15-24)27(31)28-19-23-11-8-16-29(21-23)20-22-9-4-3-5-10-22/h3-7,9-10,12-13,23-24H,2,8,11,14-21H2,1H3,(H,28,31). The zero-order valence-corrected chi connectivity index (χ0v) is 19.7. The molecule has 2 aromatic rings. The number of hydrogen-bond acceptors (Lipinski definition) is 4. The Bertz CT molecular complexity index is 868. The molecule has 2 saturated heterocycles. The Hall–Kier alpha value is -2.73. The first-order chi connectivity index (χ1) is 16.2. The van der Waals surface area contributed by atoms with Crippen molar-refractivity contribution < 1.29 is 14.3 Å². The molecule has 0 spiro atoms. The van der Waals surface area contributed by atoms with Gasteiger partial charge in [0.05, 0.1) is 6.61 Å². The lowest BCUT2D eigenvalue weighted by atomic mass is 9.97. The number of ether oxygens (including phenoxy) is 2. The van der Waals surface area contributed by atoms with Gasteiger partial charge in [0.2, 0.25) is 0 Å². The molecule has 1 unspecified atom stereocenters. The topological polar surface area (TPSA) is 54.0 Å². The molecule has 0 saturated carbocycles. The molecular formula is C27H37N3O3. The molecule has 1 atom stereocenters. The van der Waals surface area contributed by atoms with Crippen LogP contribution in [0.25, 0.3) is 0 Å². The van der Waals surface area contributed by atoms with Crippen LogP contribution in [0.1, 0.15) is 38.2 Å². The zero-order valence-electron chi connectivity index (χ0n) is 19.7.